The number of nitriles is 2. The second-order valence-corrected chi connectivity index (χ2v) is 15.1. The number of nitrogens with zero attached hydrogens (tertiary/aromatic N) is 2. The first-order chi connectivity index (χ1) is 30.4. The Hall–Kier alpha value is -7.06. The van der Waals surface area contributed by atoms with Gasteiger partial charge in [0, 0.05) is 60.3 Å². The molecule has 0 saturated heterocycles. The molecule has 0 bridgehead atoms. The molecule has 0 heterocycles. The summed E-state index contributed by atoms with van der Waals surface area (Å²) in [4.78, 5) is 46.7. The van der Waals surface area contributed by atoms with Crippen LogP contribution in [0, 0.1) is 22.7 Å². The zero-order valence-corrected chi connectivity index (χ0v) is 35.1. The second-order valence-electron chi connectivity index (χ2n) is 15.1. The van der Waals surface area contributed by atoms with E-state index in [1.165, 1.54) is 42.0 Å². The van der Waals surface area contributed by atoms with E-state index in [0.29, 0.717) is 47.7 Å². The molecule has 0 radical (unpaired) electrons. The number of nitrogens with one attached hydrogen (secondary N) is 2. The molecule has 8 nitrogen and oxygen atoms in total. The van der Waals surface area contributed by atoms with Gasteiger partial charge in [0.15, 0.2) is 11.6 Å². The molecule has 14 heteroatoms. The van der Waals surface area contributed by atoms with Crippen molar-refractivity contribution in [2.75, 3.05) is 0 Å². The van der Waals surface area contributed by atoms with Gasteiger partial charge in [0.2, 0.25) is 5.78 Å². The zero-order valence-electron chi connectivity index (χ0n) is 35.1. The van der Waals surface area contributed by atoms with E-state index in [2.05, 4.69) is 29.7 Å². The molecule has 0 aromatic heterocycles. The van der Waals surface area contributed by atoms with E-state index >= 15 is 0 Å². The molecule has 340 valence electrons. The van der Waals surface area contributed by atoms with Crippen molar-refractivity contribution in [3.8, 4) is 12.1 Å². The van der Waals surface area contributed by atoms with E-state index in [-0.39, 0.29) is 48.6 Å². The summed E-state index contributed by atoms with van der Waals surface area (Å²) in [6, 6.07) is 35.7. The molecule has 2 aliphatic carbocycles. The molecule has 2 N–H and O–H groups in total. The third-order valence-corrected chi connectivity index (χ3v) is 10.2. The van der Waals surface area contributed by atoms with Gasteiger partial charge in [-0.3, -0.25) is 19.2 Å². The topological polar surface area (TPSA) is 140 Å². The summed E-state index contributed by atoms with van der Waals surface area (Å²) >= 11 is 0. The van der Waals surface area contributed by atoms with Gasteiger partial charge in [-0.25, -0.2) is 0 Å². The third-order valence-electron chi connectivity index (χ3n) is 10.2. The molecule has 0 fully saturated rings. The van der Waals surface area contributed by atoms with Gasteiger partial charge in [-0.15, -0.1) is 0 Å². The van der Waals surface area contributed by atoms with Crippen molar-refractivity contribution in [1.29, 1.82) is 10.5 Å². The Morgan fingerprint density at radius 1 is 0.677 bits per heavy atom. The van der Waals surface area contributed by atoms with Crippen molar-refractivity contribution >= 4 is 29.2 Å². The van der Waals surface area contributed by atoms with Crippen molar-refractivity contribution in [2.45, 2.75) is 96.6 Å². The van der Waals surface area contributed by atoms with Gasteiger partial charge in [0.1, 0.15) is 0 Å². The number of halogens is 6. The Balaban J connectivity index is 0.000000285. The van der Waals surface area contributed by atoms with Crippen molar-refractivity contribution in [3.05, 3.63) is 172 Å². The van der Waals surface area contributed by atoms with Crippen molar-refractivity contribution in [2.24, 2.45) is 0 Å². The summed E-state index contributed by atoms with van der Waals surface area (Å²) in [7, 11) is 0. The number of allylic oxidation sites excluding steroid dienone is 5. The standard InChI is InChI=1S/C25H23F3N2O2.C14H17NO.C11H6F3NO.CH4/c1-16(18-8-3-2-4-9-18)30-21-11-6-12-22(31)24(21)20(14-23(32)25(26,27)28)19-10-5-7-17(13-19)15-29;1-11(12-6-3-2-4-7-12)15-13-8-5-9-14(16)10-13;12-11(13,14)10(16)5-4-8-2-1-3-9(6-8)7-15;/h2-5,7-10,13,16,20,30H,6,11-12,14H2,1H3;2-4,6-7,10-11,15H,5,8-9H2,1H3;1-6H;1H4/b;;5-4+;/t16-,20+;11-;;/m11../s1. The maximum atomic E-state index is 13.1. The first-order valence-electron chi connectivity index (χ1n) is 20.4. The molecular formula is C51H50F6N4O4. The maximum absolute atomic E-state index is 13.1. The number of ketones is 4. The first kappa shape index (κ1) is 52.3. The molecule has 2 aliphatic rings. The summed E-state index contributed by atoms with van der Waals surface area (Å²) in [6.07, 6.45) is -3.60. The van der Waals surface area contributed by atoms with E-state index in [0.717, 1.165) is 30.2 Å². The number of hydrogen-bond donors (Lipinski definition) is 2. The number of benzene rings is 4. The highest BCUT2D eigenvalue weighted by Crippen LogP contribution is 2.38. The van der Waals surface area contributed by atoms with Gasteiger partial charge in [-0.1, -0.05) is 98.4 Å². The van der Waals surface area contributed by atoms with Gasteiger partial charge in [0.25, 0.3) is 5.78 Å². The van der Waals surface area contributed by atoms with Gasteiger partial charge >= 0.3 is 12.4 Å². The molecule has 0 amide bonds. The lowest BCUT2D eigenvalue weighted by atomic mass is 9.79. The number of Topliss-reactive ketones (excluding diaryl/α,β-unsaturated/α-hetero) is 2. The van der Waals surface area contributed by atoms with Crippen LogP contribution in [-0.2, 0) is 19.2 Å². The van der Waals surface area contributed by atoms with Crippen LogP contribution in [-0.4, -0.2) is 35.5 Å². The van der Waals surface area contributed by atoms with E-state index < -0.39 is 36.3 Å². The molecule has 0 spiro atoms. The summed E-state index contributed by atoms with van der Waals surface area (Å²) in [6.45, 7) is 4.03. The van der Waals surface area contributed by atoms with Crippen molar-refractivity contribution in [3.63, 3.8) is 0 Å². The van der Waals surface area contributed by atoms with Crippen LogP contribution in [0.25, 0.3) is 6.08 Å². The van der Waals surface area contributed by atoms with Crippen LogP contribution < -0.4 is 10.6 Å². The lowest BCUT2D eigenvalue weighted by Crippen LogP contribution is -2.31. The fourth-order valence-corrected chi connectivity index (χ4v) is 7.00. The van der Waals surface area contributed by atoms with Gasteiger partial charge in [-0.05, 0) is 92.1 Å². The van der Waals surface area contributed by atoms with Crippen LogP contribution in [0.2, 0.25) is 0 Å². The van der Waals surface area contributed by atoms with Crippen molar-refractivity contribution < 1.29 is 45.5 Å². The predicted molar refractivity (Wildman–Crippen MR) is 236 cm³/mol. The highest BCUT2D eigenvalue weighted by molar-refractivity contribution is 6.00. The number of hydrogen-bond acceptors (Lipinski definition) is 8. The largest absolute Gasteiger partial charge is 0.454 e. The fraction of sp³-hybridized carbons (Fsp3) is 0.294. The Labute approximate surface area is 375 Å². The van der Waals surface area contributed by atoms with Crippen LogP contribution >= 0.6 is 0 Å². The molecule has 0 unspecified atom stereocenters. The third kappa shape index (κ3) is 16.5. The number of rotatable bonds is 12. The van der Waals surface area contributed by atoms with Crippen LogP contribution in [0.15, 0.2) is 138 Å². The smallest absolute Gasteiger partial charge is 0.382 e. The fourth-order valence-electron chi connectivity index (χ4n) is 7.00. The number of carbonyl (C=O) groups is 4. The van der Waals surface area contributed by atoms with Crippen LogP contribution in [0.1, 0.15) is 118 Å². The van der Waals surface area contributed by atoms with E-state index in [4.69, 9.17) is 5.26 Å². The Morgan fingerprint density at radius 2 is 1.22 bits per heavy atom. The lowest BCUT2D eigenvalue weighted by molar-refractivity contribution is -0.171. The minimum Gasteiger partial charge on any atom is -0.382 e. The van der Waals surface area contributed by atoms with Gasteiger partial charge in [0.05, 0.1) is 23.3 Å². The molecule has 4 aromatic carbocycles. The Morgan fingerprint density at radius 3 is 1.77 bits per heavy atom. The maximum Gasteiger partial charge on any atom is 0.454 e. The first-order valence-corrected chi connectivity index (χ1v) is 20.4. The summed E-state index contributed by atoms with van der Waals surface area (Å²) in [5.41, 5.74) is 5.34. The summed E-state index contributed by atoms with van der Waals surface area (Å²) < 4.78 is 75.0. The number of carbonyl (C=O) groups excluding carboxylic acids is 4. The Bertz CT molecular complexity index is 2450. The van der Waals surface area contributed by atoms with Crippen LogP contribution in [0.4, 0.5) is 26.3 Å². The summed E-state index contributed by atoms with van der Waals surface area (Å²) in [5.74, 6) is -4.94. The van der Waals surface area contributed by atoms with E-state index in [1.807, 2.05) is 67.6 Å². The monoisotopic (exact) mass is 896 g/mol. The molecular weight excluding hydrogens is 847 g/mol. The molecule has 0 saturated carbocycles. The zero-order chi connectivity index (χ0) is 46.9. The molecule has 65 heavy (non-hydrogen) atoms. The molecule has 6 rings (SSSR count). The van der Waals surface area contributed by atoms with Gasteiger partial charge < -0.3 is 10.6 Å². The minimum absolute atomic E-state index is 0. The number of alkyl halides is 6. The van der Waals surface area contributed by atoms with Gasteiger partial charge in [-0.2, -0.15) is 36.9 Å². The van der Waals surface area contributed by atoms with Crippen LogP contribution in [0.5, 0.6) is 0 Å². The highest BCUT2D eigenvalue weighted by atomic mass is 19.4. The average molecular weight is 897 g/mol. The normalized spacial score (nSPS) is 15.2. The van der Waals surface area contributed by atoms with E-state index in [1.54, 1.807) is 18.2 Å². The SMILES string of the molecule is C.C[C@@H](NC1=C([C@@H](CC(=O)C(F)(F)F)c2cccc(C#N)c2)C(=O)CCC1)c1ccccc1.C[C@@H](NC1=CC(=O)CCC1)c1ccccc1.N#Cc1cccc(/C=C/C(=O)C(F)(F)F)c1. The predicted octanol–water partition coefficient (Wildman–Crippen LogP) is 11.8. The van der Waals surface area contributed by atoms with Crippen LogP contribution in [0.3, 0.4) is 0 Å². The second kappa shape index (κ2) is 24.7. The van der Waals surface area contributed by atoms with Crippen molar-refractivity contribution in [1.82, 2.24) is 10.6 Å². The molecule has 0 aliphatic heterocycles. The molecule has 3 atom stereocenters. The lowest BCUT2D eigenvalue weighted by Gasteiger charge is -2.29. The Kier molecular flexibility index (Phi) is 19.9. The summed E-state index contributed by atoms with van der Waals surface area (Å²) in [5, 5.41) is 24.5. The average Bonchev–Trinajstić information content (AvgIpc) is 3.28. The molecule has 4 aromatic rings. The quantitative estimate of drug-likeness (QED) is 0.106. The minimum atomic E-state index is -5.01. The highest BCUT2D eigenvalue weighted by Gasteiger charge is 2.42. The van der Waals surface area contributed by atoms with E-state index in [9.17, 15) is 50.8 Å².